The van der Waals surface area contributed by atoms with E-state index in [9.17, 15) is 4.79 Å². The second kappa shape index (κ2) is 6.02. The quantitative estimate of drug-likeness (QED) is 0.754. The zero-order valence-corrected chi connectivity index (χ0v) is 12.8. The molecule has 1 aromatic carbocycles. The summed E-state index contributed by atoms with van der Waals surface area (Å²) in [6.45, 7) is 4.06. The molecule has 4 nitrogen and oxygen atoms in total. The van der Waals surface area contributed by atoms with Crippen LogP contribution in [-0.4, -0.2) is 15.9 Å². The number of hydrogen-bond donors (Lipinski definition) is 2. The smallest absolute Gasteiger partial charge is 0.224 e. The minimum atomic E-state index is 0.0318. The number of H-pyrrole nitrogens is 1. The minimum absolute atomic E-state index is 0.0318. The summed E-state index contributed by atoms with van der Waals surface area (Å²) in [6.07, 6.45) is 5.01. The number of fused-ring (bicyclic) bond motifs is 1. The molecule has 0 spiro atoms. The van der Waals surface area contributed by atoms with Crippen LogP contribution >= 0.6 is 0 Å². The molecule has 3 rings (SSSR count). The Bertz CT molecular complexity index is 820. The van der Waals surface area contributed by atoms with Crippen molar-refractivity contribution in [1.29, 1.82) is 0 Å². The van der Waals surface area contributed by atoms with E-state index >= 15 is 0 Å². The summed E-state index contributed by atoms with van der Waals surface area (Å²) in [5.41, 5.74) is 4.95. The van der Waals surface area contributed by atoms with Gasteiger partial charge < -0.3 is 10.3 Å². The number of nitrogens with one attached hydrogen (secondary N) is 2. The average Bonchev–Trinajstić information content (AvgIpc) is 2.90. The fourth-order valence-corrected chi connectivity index (χ4v) is 2.53. The lowest BCUT2D eigenvalue weighted by molar-refractivity contribution is -0.116. The first-order chi connectivity index (χ1) is 10.7. The standard InChI is InChI=1S/C18H19N3O/c1-3-5-17(22)21-16-11-20-18-15(16)9-14(10-19-18)13-7-4-6-12(2)8-13/h4,6-11H,3,5H2,1-2H3,(H,19,20)(H,21,22). The van der Waals surface area contributed by atoms with Gasteiger partial charge in [-0.05, 0) is 25.0 Å². The molecule has 0 fully saturated rings. The Morgan fingerprint density at radius 1 is 1.27 bits per heavy atom. The molecule has 0 saturated heterocycles. The van der Waals surface area contributed by atoms with Crippen molar-refractivity contribution in [3.8, 4) is 11.1 Å². The second-order valence-corrected chi connectivity index (χ2v) is 5.49. The van der Waals surface area contributed by atoms with E-state index in [-0.39, 0.29) is 5.91 Å². The first-order valence-electron chi connectivity index (χ1n) is 7.51. The number of amides is 1. The normalized spacial score (nSPS) is 10.8. The number of hydrogen-bond acceptors (Lipinski definition) is 2. The number of aryl methyl sites for hydroxylation is 1. The Morgan fingerprint density at radius 3 is 2.91 bits per heavy atom. The lowest BCUT2D eigenvalue weighted by Crippen LogP contribution is -2.10. The summed E-state index contributed by atoms with van der Waals surface area (Å²) in [5, 5.41) is 3.88. The van der Waals surface area contributed by atoms with Crippen molar-refractivity contribution in [2.45, 2.75) is 26.7 Å². The van der Waals surface area contributed by atoms with E-state index < -0.39 is 0 Å². The molecule has 0 atom stereocenters. The largest absolute Gasteiger partial charge is 0.344 e. The Balaban J connectivity index is 1.99. The van der Waals surface area contributed by atoms with Gasteiger partial charge in [-0.15, -0.1) is 0 Å². The fraction of sp³-hybridized carbons (Fsp3) is 0.222. The Kier molecular flexibility index (Phi) is 3.92. The van der Waals surface area contributed by atoms with Crippen LogP contribution in [0.5, 0.6) is 0 Å². The molecule has 2 aromatic heterocycles. The summed E-state index contributed by atoms with van der Waals surface area (Å²) in [5.74, 6) is 0.0318. The number of pyridine rings is 1. The Labute approximate surface area is 129 Å². The van der Waals surface area contributed by atoms with Crippen LogP contribution in [0, 0.1) is 6.92 Å². The number of carbonyl (C=O) groups is 1. The highest BCUT2D eigenvalue weighted by atomic mass is 16.1. The summed E-state index contributed by atoms with van der Waals surface area (Å²) in [4.78, 5) is 19.4. The van der Waals surface area contributed by atoms with E-state index in [0.717, 1.165) is 34.3 Å². The minimum Gasteiger partial charge on any atom is -0.344 e. The summed E-state index contributed by atoms with van der Waals surface area (Å²) < 4.78 is 0. The molecule has 1 amide bonds. The van der Waals surface area contributed by atoms with E-state index in [0.29, 0.717) is 6.42 Å². The third-order valence-electron chi connectivity index (χ3n) is 3.63. The third-order valence-corrected chi connectivity index (χ3v) is 3.63. The van der Waals surface area contributed by atoms with Crippen molar-refractivity contribution in [2.75, 3.05) is 5.32 Å². The van der Waals surface area contributed by atoms with Gasteiger partial charge in [-0.25, -0.2) is 4.98 Å². The zero-order chi connectivity index (χ0) is 15.5. The van der Waals surface area contributed by atoms with Gasteiger partial charge in [0.1, 0.15) is 5.65 Å². The van der Waals surface area contributed by atoms with E-state index in [1.54, 1.807) is 6.20 Å². The maximum absolute atomic E-state index is 11.8. The van der Waals surface area contributed by atoms with Gasteiger partial charge in [0.15, 0.2) is 0 Å². The summed E-state index contributed by atoms with van der Waals surface area (Å²) >= 11 is 0. The van der Waals surface area contributed by atoms with E-state index in [1.807, 2.05) is 19.2 Å². The van der Waals surface area contributed by atoms with Crippen LogP contribution in [0.3, 0.4) is 0 Å². The SMILES string of the molecule is CCCC(=O)Nc1c[nH]c2ncc(-c3cccc(C)c3)cc12. The number of nitrogens with zero attached hydrogens (tertiary/aromatic N) is 1. The lowest BCUT2D eigenvalue weighted by Gasteiger charge is -2.05. The van der Waals surface area contributed by atoms with Crippen molar-refractivity contribution < 1.29 is 4.79 Å². The average molecular weight is 293 g/mol. The molecular formula is C18H19N3O. The van der Waals surface area contributed by atoms with Crippen LogP contribution in [0.15, 0.2) is 42.7 Å². The highest BCUT2D eigenvalue weighted by molar-refractivity contribution is 6.01. The van der Waals surface area contributed by atoms with Gasteiger partial charge in [0.2, 0.25) is 5.91 Å². The fourth-order valence-electron chi connectivity index (χ4n) is 2.53. The summed E-state index contributed by atoms with van der Waals surface area (Å²) in [6, 6.07) is 10.4. The predicted octanol–water partition coefficient (Wildman–Crippen LogP) is 4.28. The molecule has 112 valence electrons. The molecular weight excluding hydrogens is 274 g/mol. The Morgan fingerprint density at radius 2 is 2.14 bits per heavy atom. The van der Waals surface area contributed by atoms with Crippen LogP contribution in [0.25, 0.3) is 22.2 Å². The van der Waals surface area contributed by atoms with E-state index in [2.05, 4.69) is 46.5 Å². The van der Waals surface area contributed by atoms with Crippen molar-refractivity contribution >= 4 is 22.6 Å². The molecule has 0 aliphatic rings. The van der Waals surface area contributed by atoms with Gasteiger partial charge in [0, 0.05) is 29.8 Å². The first-order valence-corrected chi connectivity index (χ1v) is 7.51. The number of anilines is 1. The number of rotatable bonds is 4. The van der Waals surface area contributed by atoms with Crippen molar-refractivity contribution in [2.24, 2.45) is 0 Å². The number of carbonyl (C=O) groups excluding carboxylic acids is 1. The van der Waals surface area contributed by atoms with Gasteiger partial charge in [-0.1, -0.05) is 36.8 Å². The van der Waals surface area contributed by atoms with Crippen molar-refractivity contribution in [1.82, 2.24) is 9.97 Å². The molecule has 0 radical (unpaired) electrons. The molecule has 0 unspecified atom stereocenters. The maximum Gasteiger partial charge on any atom is 0.224 e. The van der Waals surface area contributed by atoms with Gasteiger partial charge in [-0.3, -0.25) is 4.79 Å². The van der Waals surface area contributed by atoms with Crippen LogP contribution in [0.1, 0.15) is 25.3 Å². The predicted molar refractivity (Wildman–Crippen MR) is 89.8 cm³/mol. The Hall–Kier alpha value is -2.62. The van der Waals surface area contributed by atoms with Crippen LogP contribution < -0.4 is 5.32 Å². The van der Waals surface area contributed by atoms with Crippen molar-refractivity contribution in [3.63, 3.8) is 0 Å². The third kappa shape index (κ3) is 2.86. The van der Waals surface area contributed by atoms with Crippen LogP contribution in [0.2, 0.25) is 0 Å². The monoisotopic (exact) mass is 293 g/mol. The molecule has 22 heavy (non-hydrogen) atoms. The van der Waals surface area contributed by atoms with Gasteiger partial charge in [0.05, 0.1) is 5.69 Å². The highest BCUT2D eigenvalue weighted by Crippen LogP contribution is 2.27. The van der Waals surface area contributed by atoms with Gasteiger partial charge in [-0.2, -0.15) is 0 Å². The molecule has 4 heteroatoms. The highest BCUT2D eigenvalue weighted by Gasteiger charge is 2.09. The molecule has 0 aliphatic heterocycles. The van der Waals surface area contributed by atoms with E-state index in [4.69, 9.17) is 0 Å². The van der Waals surface area contributed by atoms with Crippen LogP contribution in [-0.2, 0) is 4.79 Å². The summed E-state index contributed by atoms with van der Waals surface area (Å²) in [7, 11) is 0. The molecule has 2 heterocycles. The number of benzene rings is 1. The van der Waals surface area contributed by atoms with E-state index in [1.165, 1.54) is 5.56 Å². The lowest BCUT2D eigenvalue weighted by atomic mass is 10.0. The molecule has 0 aliphatic carbocycles. The first kappa shape index (κ1) is 14.3. The molecule has 0 bridgehead atoms. The molecule has 2 N–H and O–H groups in total. The zero-order valence-electron chi connectivity index (χ0n) is 12.8. The van der Waals surface area contributed by atoms with Gasteiger partial charge in [0.25, 0.3) is 0 Å². The number of aromatic amines is 1. The number of aromatic nitrogens is 2. The molecule has 0 saturated carbocycles. The topological polar surface area (TPSA) is 57.8 Å². The van der Waals surface area contributed by atoms with Gasteiger partial charge >= 0.3 is 0 Å². The van der Waals surface area contributed by atoms with Crippen molar-refractivity contribution in [3.05, 3.63) is 48.3 Å². The maximum atomic E-state index is 11.8. The molecule has 3 aromatic rings. The second-order valence-electron chi connectivity index (χ2n) is 5.49. The van der Waals surface area contributed by atoms with Crippen LogP contribution in [0.4, 0.5) is 5.69 Å².